The molecule has 0 spiro atoms. The minimum Gasteiger partial charge on any atom is -0.468 e. The molecule has 20 heavy (non-hydrogen) atoms. The summed E-state index contributed by atoms with van der Waals surface area (Å²) in [6, 6.07) is 0. The Balaban J connectivity index is 2.51. The average molecular weight is 426 g/mol. The molecule has 0 saturated carbocycles. The molecule has 2 rings (SSSR count). The molecule has 0 aliphatic heterocycles. The lowest BCUT2D eigenvalue weighted by Gasteiger charge is -2.19. The van der Waals surface area contributed by atoms with Crippen molar-refractivity contribution in [1.29, 1.82) is 0 Å². The van der Waals surface area contributed by atoms with Gasteiger partial charge >= 0.3 is 11.9 Å². The Morgan fingerprint density at radius 1 is 1.20 bits per heavy atom. The molecule has 0 radical (unpaired) electrons. The van der Waals surface area contributed by atoms with Crippen molar-refractivity contribution in [3.05, 3.63) is 18.7 Å². The number of ketones is 1. The van der Waals surface area contributed by atoms with Crippen molar-refractivity contribution in [1.82, 2.24) is 0 Å². The zero-order chi connectivity index (χ0) is 15.0. The van der Waals surface area contributed by atoms with Gasteiger partial charge in [-0.15, -0.1) is 11.3 Å². The summed E-state index contributed by atoms with van der Waals surface area (Å²) in [6.45, 7) is 0. The van der Waals surface area contributed by atoms with E-state index in [2.05, 4.69) is 41.3 Å². The smallest absolute Gasteiger partial charge is 0.320 e. The zero-order valence-corrected chi connectivity index (χ0v) is 14.6. The van der Waals surface area contributed by atoms with Crippen LogP contribution in [0.25, 0.3) is 0 Å². The van der Waals surface area contributed by atoms with Crippen LogP contribution in [0.5, 0.6) is 0 Å². The van der Waals surface area contributed by atoms with Gasteiger partial charge in [0.15, 0.2) is 11.7 Å². The van der Waals surface area contributed by atoms with Crippen molar-refractivity contribution in [2.24, 2.45) is 5.92 Å². The number of halogens is 2. The maximum absolute atomic E-state index is 12.1. The fraction of sp³-hybridized carbons (Fsp3) is 0.417. The molecule has 1 aliphatic rings. The van der Waals surface area contributed by atoms with Gasteiger partial charge in [-0.1, -0.05) is 0 Å². The summed E-state index contributed by atoms with van der Waals surface area (Å²) in [5, 5.41) is 0. The largest absolute Gasteiger partial charge is 0.468 e. The number of thiophene rings is 1. The molecule has 1 heterocycles. The van der Waals surface area contributed by atoms with Crippen LogP contribution in [0.4, 0.5) is 0 Å². The van der Waals surface area contributed by atoms with E-state index < -0.39 is 23.8 Å². The van der Waals surface area contributed by atoms with Crippen LogP contribution in [-0.4, -0.2) is 31.9 Å². The number of carbonyl (C=O) groups is 3. The molecule has 8 heteroatoms. The molecule has 1 atom stereocenters. The molecular weight excluding hydrogens is 416 g/mol. The molecule has 0 saturated heterocycles. The summed E-state index contributed by atoms with van der Waals surface area (Å²) in [5.74, 6) is -3.19. The number of esters is 2. The van der Waals surface area contributed by atoms with Crippen LogP contribution in [0, 0.1) is 5.92 Å². The van der Waals surface area contributed by atoms with E-state index in [0.717, 1.165) is 3.79 Å². The lowest BCUT2D eigenvalue weighted by molar-refractivity contribution is -0.159. The first kappa shape index (κ1) is 15.7. The first-order chi connectivity index (χ1) is 9.42. The Morgan fingerprint density at radius 3 is 2.25 bits per heavy atom. The van der Waals surface area contributed by atoms with Crippen LogP contribution in [0.15, 0.2) is 7.57 Å². The molecular formula is C12H10Br2O5S. The Labute approximate surface area is 135 Å². The quantitative estimate of drug-likeness (QED) is 0.550. The molecule has 0 bridgehead atoms. The molecule has 0 fully saturated rings. The molecule has 1 unspecified atom stereocenters. The van der Waals surface area contributed by atoms with Crippen LogP contribution in [0.3, 0.4) is 0 Å². The van der Waals surface area contributed by atoms with Gasteiger partial charge in [0.05, 0.1) is 21.8 Å². The molecule has 0 N–H and O–H groups in total. The summed E-state index contributed by atoms with van der Waals surface area (Å²) < 4.78 is 10.8. The second kappa shape index (κ2) is 5.95. The van der Waals surface area contributed by atoms with Gasteiger partial charge in [-0.25, -0.2) is 0 Å². The Bertz CT molecular complexity index is 579. The van der Waals surface area contributed by atoms with E-state index in [9.17, 15) is 14.4 Å². The second-order valence-corrected chi connectivity index (χ2v) is 7.85. The Hall–Kier alpha value is -0.730. The van der Waals surface area contributed by atoms with Gasteiger partial charge in [-0.3, -0.25) is 14.4 Å². The second-order valence-electron chi connectivity index (χ2n) is 4.20. The van der Waals surface area contributed by atoms with E-state index in [1.54, 1.807) is 0 Å². The molecule has 1 aromatic heterocycles. The number of fused-ring (bicyclic) bond motifs is 1. The predicted molar refractivity (Wildman–Crippen MR) is 78.9 cm³/mol. The van der Waals surface area contributed by atoms with Gasteiger partial charge in [0.2, 0.25) is 0 Å². The SMILES string of the molecule is COC(=O)C(C(=O)OC)C1CC(=O)c2c(Br)sc(Br)c21. The van der Waals surface area contributed by atoms with Gasteiger partial charge in [0.25, 0.3) is 0 Å². The highest BCUT2D eigenvalue weighted by Crippen LogP contribution is 2.50. The van der Waals surface area contributed by atoms with Crippen molar-refractivity contribution < 1.29 is 23.9 Å². The Kier molecular flexibility index (Phi) is 4.66. The zero-order valence-electron chi connectivity index (χ0n) is 10.6. The molecule has 1 aliphatic carbocycles. The van der Waals surface area contributed by atoms with Gasteiger partial charge in [0, 0.05) is 17.9 Å². The highest BCUT2D eigenvalue weighted by Gasteiger charge is 2.46. The minimum absolute atomic E-state index is 0.0876. The molecule has 0 amide bonds. The molecule has 108 valence electrons. The third-order valence-electron chi connectivity index (χ3n) is 3.22. The molecule has 5 nitrogen and oxygen atoms in total. The topological polar surface area (TPSA) is 69.7 Å². The van der Waals surface area contributed by atoms with Gasteiger partial charge in [-0.05, 0) is 37.4 Å². The van der Waals surface area contributed by atoms with Gasteiger partial charge in [0.1, 0.15) is 0 Å². The summed E-state index contributed by atoms with van der Waals surface area (Å²) in [5.41, 5.74) is 1.21. The van der Waals surface area contributed by atoms with E-state index in [-0.39, 0.29) is 12.2 Å². The number of carbonyl (C=O) groups excluding carboxylic acids is 3. The van der Waals surface area contributed by atoms with Crippen molar-refractivity contribution >= 4 is 60.9 Å². The third-order valence-corrected chi connectivity index (χ3v) is 5.80. The summed E-state index contributed by atoms with van der Waals surface area (Å²) >= 11 is 8.05. The third kappa shape index (κ3) is 2.44. The lowest BCUT2D eigenvalue weighted by Crippen LogP contribution is -2.31. The van der Waals surface area contributed by atoms with Crippen LogP contribution in [0.2, 0.25) is 0 Å². The lowest BCUT2D eigenvalue weighted by atomic mass is 9.88. The van der Waals surface area contributed by atoms with Gasteiger partial charge in [-0.2, -0.15) is 0 Å². The first-order valence-corrected chi connectivity index (χ1v) is 7.99. The standard InChI is InChI=1S/C12H10Br2O5S/c1-18-11(16)7(12(17)19-2)4-3-5(15)8-6(4)9(13)20-10(8)14/h4,7H,3H2,1-2H3. The highest BCUT2D eigenvalue weighted by molar-refractivity contribution is 9.12. The maximum Gasteiger partial charge on any atom is 0.320 e. The number of ether oxygens (including phenoxy) is 2. The fourth-order valence-corrected chi connectivity index (χ4v) is 5.74. The maximum atomic E-state index is 12.1. The summed E-state index contributed by atoms with van der Waals surface area (Å²) in [6.07, 6.45) is 0.0876. The van der Waals surface area contributed by atoms with Gasteiger partial charge < -0.3 is 9.47 Å². The number of methoxy groups -OCH3 is 2. The predicted octanol–water partition coefficient (Wildman–Crippen LogP) is 2.91. The van der Waals surface area contributed by atoms with E-state index >= 15 is 0 Å². The monoisotopic (exact) mass is 424 g/mol. The summed E-state index contributed by atoms with van der Waals surface area (Å²) in [7, 11) is 2.41. The first-order valence-electron chi connectivity index (χ1n) is 5.58. The number of Topliss-reactive ketones (excluding diaryl/α,β-unsaturated/α-hetero) is 1. The summed E-state index contributed by atoms with van der Waals surface area (Å²) in [4.78, 5) is 35.8. The normalized spacial score (nSPS) is 17.2. The Morgan fingerprint density at radius 2 is 1.75 bits per heavy atom. The van der Waals surface area contributed by atoms with Crippen LogP contribution in [0.1, 0.15) is 28.3 Å². The van der Waals surface area contributed by atoms with Crippen LogP contribution < -0.4 is 0 Å². The van der Waals surface area contributed by atoms with Crippen molar-refractivity contribution in [2.75, 3.05) is 14.2 Å². The van der Waals surface area contributed by atoms with E-state index in [4.69, 9.17) is 0 Å². The van der Waals surface area contributed by atoms with E-state index in [0.29, 0.717) is 14.9 Å². The molecule has 0 aromatic carbocycles. The van der Waals surface area contributed by atoms with Crippen molar-refractivity contribution in [3.8, 4) is 0 Å². The van der Waals surface area contributed by atoms with Crippen LogP contribution >= 0.6 is 43.2 Å². The van der Waals surface area contributed by atoms with Crippen molar-refractivity contribution in [2.45, 2.75) is 12.3 Å². The number of rotatable bonds is 3. The van der Waals surface area contributed by atoms with Crippen LogP contribution in [-0.2, 0) is 19.1 Å². The van der Waals surface area contributed by atoms with Crippen molar-refractivity contribution in [3.63, 3.8) is 0 Å². The number of hydrogen-bond acceptors (Lipinski definition) is 6. The minimum atomic E-state index is -1.13. The fourth-order valence-electron chi connectivity index (χ4n) is 2.35. The number of hydrogen-bond donors (Lipinski definition) is 0. The molecule has 1 aromatic rings. The van der Waals surface area contributed by atoms with E-state index in [1.165, 1.54) is 25.6 Å². The van der Waals surface area contributed by atoms with E-state index in [1.807, 2.05) is 0 Å². The average Bonchev–Trinajstić information content (AvgIpc) is 2.90. The highest BCUT2D eigenvalue weighted by atomic mass is 79.9.